The highest BCUT2D eigenvalue weighted by Gasteiger charge is 2.47. The Morgan fingerprint density at radius 3 is 1.14 bits per heavy atom. The van der Waals surface area contributed by atoms with Gasteiger partial charge in [0.05, 0.1) is 127 Å². The molecule has 4 N–H and O–H groups in total. The van der Waals surface area contributed by atoms with Gasteiger partial charge in [-0.05, 0) is 102 Å². The van der Waals surface area contributed by atoms with Crippen LogP contribution in [0.1, 0.15) is 151 Å². The SMILES string of the molecule is CSCOCCN1C(=O)c2ccccc2C1=O.O=C1c2ccccc2C(=O)N1CCO.[B][C@@H]1O[C@H](CC)[C@H](O)C1O.[B][C@@H]1O[C@H](CC)[C@H](O)C1OCOCCN1C(=O)c2ccccc2C1=O.[B][C@@H]1O[C@H](CC)[C@H](OP(OCC[N+]#[C-])N(C(C)C)C(C)C)C1OCOCCN1C(=O)c2ccccc2C1=O. The predicted molar refractivity (Wildman–Crippen MR) is 384 cm³/mol. The van der Waals surface area contributed by atoms with Crippen molar-refractivity contribution in [2.75, 3.05) is 91.5 Å². The maximum absolute atomic E-state index is 12.5. The van der Waals surface area contributed by atoms with Crippen molar-refractivity contribution in [1.82, 2.24) is 24.3 Å². The van der Waals surface area contributed by atoms with E-state index in [2.05, 4.69) is 37.2 Å². The van der Waals surface area contributed by atoms with E-state index < -0.39 is 63.2 Å². The van der Waals surface area contributed by atoms with Gasteiger partial charge in [0.2, 0.25) is 6.54 Å². The van der Waals surface area contributed by atoms with E-state index in [4.69, 9.17) is 87.3 Å². The molecule has 7 heterocycles. The molecule has 3 saturated heterocycles. The third kappa shape index (κ3) is 20.9. The van der Waals surface area contributed by atoms with Gasteiger partial charge in [0.15, 0.2) is 0 Å². The van der Waals surface area contributed by atoms with Crippen LogP contribution >= 0.6 is 20.3 Å². The number of fused-ring (bicyclic) bond motifs is 4. The molecular formula is C71H90B3N6O22PS. The molecule has 13 atom stereocenters. The summed E-state index contributed by atoms with van der Waals surface area (Å²) in [7, 11) is 15.8. The zero-order valence-corrected chi connectivity index (χ0v) is 61.3. The number of imide groups is 4. The summed E-state index contributed by atoms with van der Waals surface area (Å²) in [5.41, 5.74) is 3.44. The average molecular weight is 1470 g/mol. The van der Waals surface area contributed by atoms with Gasteiger partial charge in [-0.15, -0.1) is 11.8 Å². The summed E-state index contributed by atoms with van der Waals surface area (Å²) in [6, 6.07) is 25.1. The molecule has 4 aromatic rings. The average Bonchev–Trinajstić information content (AvgIpc) is 1.66. The number of aliphatic hydroxyl groups excluding tert-OH is 4. The van der Waals surface area contributed by atoms with Crippen LogP contribution in [0.3, 0.4) is 0 Å². The molecule has 556 valence electrons. The molecule has 33 heteroatoms. The molecule has 4 unspecified atom stereocenters. The van der Waals surface area contributed by atoms with E-state index >= 15 is 0 Å². The summed E-state index contributed by atoms with van der Waals surface area (Å²) in [6.45, 7) is 22.4. The second-order valence-electron chi connectivity index (χ2n) is 24.8. The van der Waals surface area contributed by atoms with Gasteiger partial charge in [0.1, 0.15) is 74.3 Å². The number of hydrogen-bond donors (Lipinski definition) is 4. The molecule has 8 amide bonds. The smallest absolute Gasteiger partial charge is 0.261 e. The van der Waals surface area contributed by atoms with Crippen LogP contribution in [-0.4, -0.2) is 292 Å². The molecule has 11 rings (SSSR count). The van der Waals surface area contributed by atoms with Crippen LogP contribution in [-0.2, 0) is 46.9 Å². The molecule has 3 fully saturated rings. The highest BCUT2D eigenvalue weighted by Crippen LogP contribution is 2.49. The van der Waals surface area contributed by atoms with E-state index in [1.165, 1.54) is 9.80 Å². The molecule has 7 aliphatic heterocycles. The first-order valence-corrected chi connectivity index (χ1v) is 36.8. The number of β-amino-alcohol motifs (C(OH)–C–C–N with tert-alkyl or cyclic N) is 1. The van der Waals surface area contributed by atoms with Crippen LogP contribution in [0.4, 0.5) is 0 Å². The van der Waals surface area contributed by atoms with Gasteiger partial charge in [0, 0.05) is 30.1 Å². The van der Waals surface area contributed by atoms with Gasteiger partial charge in [0.25, 0.3) is 55.8 Å². The molecule has 0 saturated carbocycles. The number of benzene rings is 4. The number of rotatable bonds is 30. The van der Waals surface area contributed by atoms with Crippen LogP contribution < -0.4 is 0 Å². The van der Waals surface area contributed by atoms with E-state index in [0.29, 0.717) is 82.9 Å². The second kappa shape index (κ2) is 41.4. The minimum atomic E-state index is -1.51. The first kappa shape index (κ1) is 84.6. The predicted octanol–water partition coefficient (Wildman–Crippen LogP) is 4.82. The van der Waals surface area contributed by atoms with E-state index in [9.17, 15) is 48.6 Å². The van der Waals surface area contributed by atoms with Gasteiger partial charge >= 0.3 is 0 Å². The third-order valence-electron chi connectivity index (χ3n) is 17.3. The number of carbonyl (C=O) groups is 8. The topological polar surface area (TPSA) is 330 Å². The molecule has 0 aliphatic carbocycles. The number of amides is 8. The lowest BCUT2D eigenvalue weighted by atomic mass is 9.92. The van der Waals surface area contributed by atoms with Gasteiger partial charge in [-0.2, -0.15) is 0 Å². The van der Waals surface area contributed by atoms with Crippen LogP contribution in [0.25, 0.3) is 4.85 Å². The van der Waals surface area contributed by atoms with Crippen molar-refractivity contribution in [3.63, 3.8) is 0 Å². The Morgan fingerprint density at radius 1 is 0.490 bits per heavy atom. The van der Waals surface area contributed by atoms with Crippen molar-refractivity contribution in [3.05, 3.63) is 153 Å². The summed E-state index contributed by atoms with van der Waals surface area (Å²) in [5, 5.41) is 37.0. The first-order chi connectivity index (χ1) is 49.9. The van der Waals surface area contributed by atoms with Gasteiger partial charge < -0.3 is 72.2 Å². The monoisotopic (exact) mass is 1470 g/mol. The van der Waals surface area contributed by atoms with E-state index in [1.807, 2.05) is 27.0 Å². The Kier molecular flexibility index (Phi) is 33.7. The Hall–Kier alpha value is -6.70. The molecule has 6 radical (unpaired) electrons. The van der Waals surface area contributed by atoms with Gasteiger partial charge in [-0.3, -0.25) is 58.0 Å². The third-order valence-corrected chi connectivity index (χ3v) is 19.8. The molecule has 4 aromatic carbocycles. The lowest BCUT2D eigenvalue weighted by molar-refractivity contribution is -0.117. The van der Waals surface area contributed by atoms with E-state index in [0.717, 1.165) is 9.80 Å². The molecular weight excluding hydrogens is 1380 g/mol. The fourth-order valence-electron chi connectivity index (χ4n) is 12.1. The van der Waals surface area contributed by atoms with Gasteiger partial charge in [-0.1, -0.05) is 69.3 Å². The van der Waals surface area contributed by atoms with E-state index in [-0.39, 0.29) is 144 Å². The maximum Gasteiger partial charge on any atom is 0.261 e. The molecule has 0 spiro atoms. The van der Waals surface area contributed by atoms with Crippen molar-refractivity contribution < 1.29 is 106 Å². The summed E-state index contributed by atoms with van der Waals surface area (Å²) in [6.07, 6.45) is -1.39. The lowest BCUT2D eigenvalue weighted by Crippen LogP contribution is -2.41. The van der Waals surface area contributed by atoms with Crippen LogP contribution in [0.2, 0.25) is 0 Å². The Morgan fingerprint density at radius 2 is 0.827 bits per heavy atom. The van der Waals surface area contributed by atoms with Crippen molar-refractivity contribution in [3.8, 4) is 0 Å². The van der Waals surface area contributed by atoms with Gasteiger partial charge in [-0.25, -0.2) is 11.2 Å². The standard InChI is InChI=1S/C26H37BN3O7P.C17H20BNO6.C12H13NO3S.C10H9NO3.C6H11BO3/c1-7-21-22(37-38(35-14-12-28-6)30(17(2)3)18(4)5)23(24(27)36-21)34-16-33-15-13-29-25(31)19-10-8-9-11-20(19)26(29)32;1-2-12-13(20)14(15(18)25-12)24-9-23-8-7-19-16(21)10-5-3-4-6-11(10)17(19)22;1-17-8-16-7-6-13-11(14)9-4-2-3-5-10(9)12(13)15;12-6-5-11-9(13)7-3-1-2-4-8(7)10(11)14;1-2-3-4(8)5(9)6(7)10-3/h8-11,17-18,21-24H,7,12-16H2,1-5H3;3-6,12-15,20H,2,7-9H2,1H3;2-5H,6-8H2,1H3;1-4,12H,5-6H2;3-6,8-9H,2H2,1H3/t21-,22+,23?,24-,38?;12-,13+,14?,15-;;;3-,4+,5?,6-/m11..1/s1. The second-order valence-corrected chi connectivity index (χ2v) is 27.0. The summed E-state index contributed by atoms with van der Waals surface area (Å²) in [4.78, 5) is 104. The molecule has 104 heavy (non-hydrogen) atoms. The molecule has 7 aliphatic rings. The normalized spacial score (nSPS) is 24.6. The zero-order chi connectivity index (χ0) is 75.9. The van der Waals surface area contributed by atoms with Crippen LogP contribution in [0.15, 0.2) is 97.1 Å². The quantitative estimate of drug-likeness (QED) is 0.0136. The summed E-state index contributed by atoms with van der Waals surface area (Å²) < 4.78 is 58.6. The fraction of sp³-hybridized carbons (Fsp3) is 0.535. The Balaban J connectivity index is 0.000000196. The largest absolute Gasteiger partial charge is 0.395 e. The first-order valence-electron chi connectivity index (χ1n) is 34.3. The van der Waals surface area contributed by atoms with Crippen LogP contribution in [0, 0.1) is 6.57 Å². The van der Waals surface area contributed by atoms with Crippen molar-refractivity contribution >= 4 is 91.1 Å². The van der Waals surface area contributed by atoms with E-state index in [1.54, 1.807) is 109 Å². The minimum Gasteiger partial charge on any atom is -0.395 e. The molecule has 0 bridgehead atoms. The lowest BCUT2D eigenvalue weighted by Gasteiger charge is -2.38. The Bertz CT molecular complexity index is 3460. The van der Waals surface area contributed by atoms with Crippen molar-refractivity contribution in [2.24, 2.45) is 0 Å². The number of nitrogens with zero attached hydrogens (tertiary/aromatic N) is 6. The number of thioether (sulfide) groups is 1. The number of carbonyl (C=O) groups excluding carboxylic acids is 8. The van der Waals surface area contributed by atoms with Crippen molar-refractivity contribution in [2.45, 2.75) is 153 Å². The maximum atomic E-state index is 12.5. The Labute approximate surface area is 615 Å². The highest BCUT2D eigenvalue weighted by molar-refractivity contribution is 7.98. The van der Waals surface area contributed by atoms with Crippen molar-refractivity contribution in [1.29, 1.82) is 0 Å². The molecule has 28 nitrogen and oxygen atoms in total. The van der Waals surface area contributed by atoms with Crippen LogP contribution in [0.5, 0.6) is 0 Å². The number of ether oxygens (including phenoxy) is 8. The minimum absolute atomic E-state index is 0.0619. The fourth-order valence-corrected chi connectivity index (χ4v) is 14.1. The summed E-state index contributed by atoms with van der Waals surface area (Å²) >= 11 is 1.56. The zero-order valence-electron chi connectivity index (χ0n) is 59.5. The molecule has 0 aromatic heterocycles. The summed E-state index contributed by atoms with van der Waals surface area (Å²) in [5.74, 6) is -1.81. The number of hydrogen-bond acceptors (Lipinski definition) is 24. The highest BCUT2D eigenvalue weighted by atomic mass is 32.2. The number of aliphatic hydroxyl groups is 4.